The summed E-state index contributed by atoms with van der Waals surface area (Å²) in [6, 6.07) is -0.833. The number of rotatable bonds is 5. The molecule has 1 aromatic rings. The fourth-order valence-electron chi connectivity index (χ4n) is 1.20. The minimum absolute atomic E-state index is 0.361. The summed E-state index contributed by atoms with van der Waals surface area (Å²) in [4.78, 5) is 10.5. The lowest BCUT2D eigenvalue weighted by molar-refractivity contribution is -0.137. The number of carboxylic acid groups (broad SMARTS) is 1. The summed E-state index contributed by atoms with van der Waals surface area (Å²) in [5.74, 6) is 0.000881. The summed E-state index contributed by atoms with van der Waals surface area (Å²) in [7, 11) is 1.77. The fraction of sp³-hybridized carbons (Fsp3) is 0.556. The maximum atomic E-state index is 10.5. The van der Waals surface area contributed by atoms with Crippen LogP contribution in [0.5, 0.6) is 0 Å². The average Bonchev–Trinajstić information content (AvgIpc) is 2.44. The van der Waals surface area contributed by atoms with E-state index >= 15 is 0 Å². The first-order valence-electron chi connectivity index (χ1n) is 4.67. The standard InChI is InChI=1S/C9H14ClN3O2S/c1-5-6(8(10)13(2)12-5)3-16-4-7(11)9(14)15/h7H,3-4,11H2,1-2H3,(H,14,15)/t7-/m0/s1. The molecule has 0 fully saturated rings. The first-order valence-corrected chi connectivity index (χ1v) is 6.20. The van der Waals surface area contributed by atoms with E-state index in [0.717, 1.165) is 11.3 Å². The lowest BCUT2D eigenvalue weighted by Gasteiger charge is -2.05. The van der Waals surface area contributed by atoms with Gasteiger partial charge in [-0.1, -0.05) is 11.6 Å². The van der Waals surface area contributed by atoms with Crippen LogP contribution in [0, 0.1) is 6.92 Å². The lowest BCUT2D eigenvalue weighted by atomic mass is 10.3. The van der Waals surface area contributed by atoms with Crippen molar-refractivity contribution in [2.24, 2.45) is 12.8 Å². The molecule has 1 aromatic heterocycles. The molecule has 1 rings (SSSR count). The van der Waals surface area contributed by atoms with Crippen molar-refractivity contribution >= 4 is 29.3 Å². The Kier molecular flexibility index (Phi) is 4.64. The second kappa shape index (κ2) is 5.56. The third kappa shape index (κ3) is 3.13. The van der Waals surface area contributed by atoms with Crippen LogP contribution in [0.4, 0.5) is 0 Å². The number of nitrogens with two attached hydrogens (primary N) is 1. The van der Waals surface area contributed by atoms with Crippen molar-refractivity contribution < 1.29 is 9.90 Å². The van der Waals surface area contributed by atoms with Crippen molar-refractivity contribution in [2.75, 3.05) is 5.75 Å². The van der Waals surface area contributed by atoms with Gasteiger partial charge < -0.3 is 10.8 Å². The normalized spacial score (nSPS) is 12.8. The number of aryl methyl sites for hydroxylation is 2. The highest BCUT2D eigenvalue weighted by molar-refractivity contribution is 7.98. The molecule has 0 bridgehead atoms. The Morgan fingerprint density at radius 3 is 2.81 bits per heavy atom. The van der Waals surface area contributed by atoms with Crippen molar-refractivity contribution in [1.82, 2.24) is 9.78 Å². The zero-order valence-electron chi connectivity index (χ0n) is 9.11. The fourth-order valence-corrected chi connectivity index (χ4v) is 2.58. The predicted molar refractivity (Wildman–Crippen MR) is 64.7 cm³/mol. The van der Waals surface area contributed by atoms with E-state index in [9.17, 15) is 4.79 Å². The molecule has 1 atom stereocenters. The zero-order chi connectivity index (χ0) is 12.3. The monoisotopic (exact) mass is 263 g/mol. The van der Waals surface area contributed by atoms with Gasteiger partial charge in [-0.25, -0.2) is 0 Å². The van der Waals surface area contributed by atoms with Gasteiger partial charge in [-0.15, -0.1) is 0 Å². The third-order valence-corrected chi connectivity index (χ3v) is 3.69. The van der Waals surface area contributed by atoms with Crippen LogP contribution in [-0.2, 0) is 17.6 Å². The summed E-state index contributed by atoms with van der Waals surface area (Å²) < 4.78 is 1.60. The first-order chi connectivity index (χ1) is 7.43. The van der Waals surface area contributed by atoms with E-state index in [0.29, 0.717) is 16.7 Å². The Morgan fingerprint density at radius 1 is 1.75 bits per heavy atom. The molecule has 0 aromatic carbocycles. The van der Waals surface area contributed by atoms with Crippen LogP contribution in [0.25, 0.3) is 0 Å². The van der Waals surface area contributed by atoms with Crippen molar-refractivity contribution in [2.45, 2.75) is 18.7 Å². The Balaban J connectivity index is 2.52. The van der Waals surface area contributed by atoms with Gasteiger partial charge in [-0.2, -0.15) is 16.9 Å². The molecule has 0 aliphatic rings. The average molecular weight is 264 g/mol. The Morgan fingerprint density at radius 2 is 2.38 bits per heavy atom. The van der Waals surface area contributed by atoms with Crippen molar-refractivity contribution in [3.8, 4) is 0 Å². The highest BCUT2D eigenvalue weighted by Crippen LogP contribution is 2.23. The predicted octanol–water partition coefficient (Wildman–Crippen LogP) is 1.03. The number of nitrogens with zero attached hydrogens (tertiary/aromatic N) is 2. The Bertz CT molecular complexity index is 394. The third-order valence-electron chi connectivity index (χ3n) is 2.13. The molecule has 0 radical (unpaired) electrons. The number of hydrogen-bond donors (Lipinski definition) is 2. The van der Waals surface area contributed by atoms with Crippen molar-refractivity contribution in [1.29, 1.82) is 0 Å². The van der Waals surface area contributed by atoms with Crippen LogP contribution in [-0.4, -0.2) is 32.7 Å². The quantitative estimate of drug-likeness (QED) is 0.829. The molecule has 16 heavy (non-hydrogen) atoms. The molecule has 0 unspecified atom stereocenters. The van der Waals surface area contributed by atoms with Gasteiger partial charge in [-0.05, 0) is 6.92 Å². The maximum absolute atomic E-state index is 10.5. The van der Waals surface area contributed by atoms with Gasteiger partial charge in [0.1, 0.15) is 11.2 Å². The minimum Gasteiger partial charge on any atom is -0.480 e. The van der Waals surface area contributed by atoms with Gasteiger partial charge in [0.05, 0.1) is 5.69 Å². The van der Waals surface area contributed by atoms with E-state index < -0.39 is 12.0 Å². The number of halogens is 1. The number of thioether (sulfide) groups is 1. The number of carboxylic acids is 1. The number of aromatic nitrogens is 2. The molecule has 0 aliphatic heterocycles. The van der Waals surface area contributed by atoms with Crippen LogP contribution in [0.15, 0.2) is 0 Å². The Hall–Kier alpha value is -0.720. The minimum atomic E-state index is -0.985. The van der Waals surface area contributed by atoms with Crippen LogP contribution in [0.1, 0.15) is 11.3 Å². The number of carbonyl (C=O) groups is 1. The molecule has 5 nitrogen and oxygen atoms in total. The summed E-state index contributed by atoms with van der Waals surface area (Å²) >= 11 is 7.47. The zero-order valence-corrected chi connectivity index (χ0v) is 10.7. The molecule has 90 valence electrons. The SMILES string of the molecule is Cc1nn(C)c(Cl)c1CSC[C@H](N)C(=O)O. The van der Waals surface area contributed by atoms with E-state index in [1.54, 1.807) is 11.7 Å². The molecular formula is C9H14ClN3O2S. The van der Waals surface area contributed by atoms with Gasteiger partial charge in [0, 0.05) is 24.1 Å². The van der Waals surface area contributed by atoms with E-state index in [1.807, 2.05) is 6.92 Å². The first kappa shape index (κ1) is 13.3. The van der Waals surface area contributed by atoms with E-state index in [1.165, 1.54) is 11.8 Å². The van der Waals surface area contributed by atoms with Crippen molar-refractivity contribution in [3.63, 3.8) is 0 Å². The number of aliphatic carboxylic acids is 1. The highest BCUT2D eigenvalue weighted by Gasteiger charge is 2.14. The number of hydrogen-bond acceptors (Lipinski definition) is 4. The molecular weight excluding hydrogens is 250 g/mol. The van der Waals surface area contributed by atoms with Gasteiger partial charge >= 0.3 is 5.97 Å². The molecule has 0 saturated carbocycles. The Labute approximate surface area is 103 Å². The van der Waals surface area contributed by atoms with Crippen molar-refractivity contribution in [3.05, 3.63) is 16.4 Å². The molecule has 7 heteroatoms. The van der Waals surface area contributed by atoms with Crippen LogP contribution >= 0.6 is 23.4 Å². The molecule has 0 amide bonds. The van der Waals surface area contributed by atoms with Crippen LogP contribution < -0.4 is 5.73 Å². The molecule has 0 spiro atoms. The highest BCUT2D eigenvalue weighted by atomic mass is 35.5. The lowest BCUT2D eigenvalue weighted by Crippen LogP contribution is -2.32. The molecule has 1 heterocycles. The second-order valence-electron chi connectivity index (χ2n) is 3.44. The second-order valence-corrected chi connectivity index (χ2v) is 4.83. The summed E-state index contributed by atoms with van der Waals surface area (Å²) in [5, 5.41) is 13.4. The van der Waals surface area contributed by atoms with Crippen LogP contribution in [0.3, 0.4) is 0 Å². The largest absolute Gasteiger partial charge is 0.480 e. The molecule has 0 aliphatic carbocycles. The van der Waals surface area contributed by atoms with Gasteiger partial charge in [0.15, 0.2) is 0 Å². The maximum Gasteiger partial charge on any atom is 0.321 e. The topological polar surface area (TPSA) is 81.1 Å². The summed E-state index contributed by atoms with van der Waals surface area (Å²) in [6.45, 7) is 1.87. The van der Waals surface area contributed by atoms with Gasteiger partial charge in [0.25, 0.3) is 0 Å². The summed E-state index contributed by atoms with van der Waals surface area (Å²) in [6.07, 6.45) is 0. The van der Waals surface area contributed by atoms with E-state index in [4.69, 9.17) is 22.4 Å². The van der Waals surface area contributed by atoms with E-state index in [2.05, 4.69) is 5.10 Å². The molecule has 0 saturated heterocycles. The smallest absolute Gasteiger partial charge is 0.321 e. The van der Waals surface area contributed by atoms with Gasteiger partial charge in [0.2, 0.25) is 0 Å². The molecule has 3 N–H and O–H groups in total. The van der Waals surface area contributed by atoms with Crippen LogP contribution in [0.2, 0.25) is 5.15 Å². The van der Waals surface area contributed by atoms with E-state index in [-0.39, 0.29) is 0 Å². The van der Waals surface area contributed by atoms with Gasteiger partial charge in [-0.3, -0.25) is 9.48 Å². The summed E-state index contributed by atoms with van der Waals surface area (Å²) in [5.41, 5.74) is 7.19.